The molecule has 0 aliphatic carbocycles. The summed E-state index contributed by atoms with van der Waals surface area (Å²) in [4.78, 5) is 13.6. The fourth-order valence-electron chi connectivity index (χ4n) is 2.29. The Hall–Kier alpha value is -1.40. The van der Waals surface area contributed by atoms with Crippen molar-refractivity contribution in [3.63, 3.8) is 0 Å². The van der Waals surface area contributed by atoms with E-state index >= 15 is 0 Å². The molecule has 1 saturated heterocycles. The standard InChI is InChI=1S/C14H23N3O3/c1-11-9-12(16-20-11)10-17(2)14(18)5-8-19-13-3-6-15-7-4-13/h9,13,15H,3-8,10H2,1-2H3. The SMILES string of the molecule is Cc1cc(CN(C)C(=O)CCOC2CCNCC2)no1. The van der Waals surface area contributed by atoms with E-state index in [9.17, 15) is 4.79 Å². The van der Waals surface area contributed by atoms with Gasteiger partial charge in [0.2, 0.25) is 5.91 Å². The smallest absolute Gasteiger partial charge is 0.224 e. The second-order valence-corrected chi connectivity index (χ2v) is 5.25. The van der Waals surface area contributed by atoms with Crippen LogP contribution in [0.25, 0.3) is 0 Å². The number of carbonyl (C=O) groups excluding carboxylic acids is 1. The van der Waals surface area contributed by atoms with Gasteiger partial charge in [0.15, 0.2) is 0 Å². The Kier molecular flexibility index (Phi) is 5.55. The van der Waals surface area contributed by atoms with Crippen LogP contribution in [0, 0.1) is 6.92 Å². The van der Waals surface area contributed by atoms with Crippen molar-refractivity contribution in [2.75, 3.05) is 26.7 Å². The van der Waals surface area contributed by atoms with Crippen molar-refractivity contribution < 1.29 is 14.1 Å². The molecule has 112 valence electrons. The molecule has 0 radical (unpaired) electrons. The third kappa shape index (κ3) is 4.61. The van der Waals surface area contributed by atoms with Crippen LogP contribution in [0.1, 0.15) is 30.7 Å². The van der Waals surface area contributed by atoms with Gasteiger partial charge in [-0.25, -0.2) is 0 Å². The maximum Gasteiger partial charge on any atom is 0.224 e. The van der Waals surface area contributed by atoms with Crippen molar-refractivity contribution in [1.82, 2.24) is 15.4 Å². The van der Waals surface area contributed by atoms with Crippen LogP contribution in [0.5, 0.6) is 0 Å². The van der Waals surface area contributed by atoms with Crippen LogP contribution in [0.2, 0.25) is 0 Å². The Morgan fingerprint density at radius 3 is 2.95 bits per heavy atom. The van der Waals surface area contributed by atoms with E-state index in [4.69, 9.17) is 9.26 Å². The molecule has 6 heteroatoms. The van der Waals surface area contributed by atoms with Crippen LogP contribution in [-0.4, -0.2) is 48.8 Å². The van der Waals surface area contributed by atoms with Crippen molar-refractivity contribution >= 4 is 5.91 Å². The molecular weight excluding hydrogens is 258 g/mol. The Morgan fingerprint density at radius 2 is 2.30 bits per heavy atom. The van der Waals surface area contributed by atoms with Gasteiger partial charge >= 0.3 is 0 Å². The molecular formula is C14H23N3O3. The molecule has 1 aliphatic rings. The number of ether oxygens (including phenoxy) is 1. The Morgan fingerprint density at radius 1 is 1.55 bits per heavy atom. The second-order valence-electron chi connectivity index (χ2n) is 5.25. The van der Waals surface area contributed by atoms with Gasteiger partial charge in [-0.3, -0.25) is 4.79 Å². The fourth-order valence-corrected chi connectivity index (χ4v) is 2.29. The second kappa shape index (κ2) is 7.40. The summed E-state index contributed by atoms with van der Waals surface area (Å²) in [5.41, 5.74) is 0.776. The van der Waals surface area contributed by atoms with Crippen LogP contribution in [-0.2, 0) is 16.1 Å². The van der Waals surface area contributed by atoms with Gasteiger partial charge in [0.05, 0.1) is 25.7 Å². The Bertz CT molecular complexity index is 427. The number of carbonyl (C=O) groups is 1. The maximum atomic E-state index is 12.0. The zero-order valence-electron chi connectivity index (χ0n) is 12.2. The predicted molar refractivity (Wildman–Crippen MR) is 74.2 cm³/mol. The summed E-state index contributed by atoms with van der Waals surface area (Å²) in [5, 5.41) is 7.18. The molecule has 0 spiro atoms. The van der Waals surface area contributed by atoms with Crippen LogP contribution in [0.3, 0.4) is 0 Å². The third-order valence-corrected chi connectivity index (χ3v) is 3.46. The third-order valence-electron chi connectivity index (χ3n) is 3.46. The molecule has 20 heavy (non-hydrogen) atoms. The largest absolute Gasteiger partial charge is 0.378 e. The van der Waals surface area contributed by atoms with Crippen LogP contribution in [0.15, 0.2) is 10.6 Å². The highest BCUT2D eigenvalue weighted by atomic mass is 16.5. The molecule has 2 rings (SSSR count). The lowest BCUT2D eigenvalue weighted by Gasteiger charge is -2.23. The average molecular weight is 281 g/mol. The number of rotatable bonds is 6. The summed E-state index contributed by atoms with van der Waals surface area (Å²) >= 11 is 0. The number of aryl methyl sites for hydroxylation is 1. The number of hydrogen-bond acceptors (Lipinski definition) is 5. The van der Waals surface area contributed by atoms with E-state index in [1.807, 2.05) is 13.0 Å². The minimum absolute atomic E-state index is 0.0691. The first kappa shape index (κ1) is 15.0. The lowest BCUT2D eigenvalue weighted by molar-refractivity contribution is -0.132. The summed E-state index contributed by atoms with van der Waals surface area (Å²) < 4.78 is 10.7. The molecule has 1 aromatic heterocycles. The zero-order valence-corrected chi connectivity index (χ0v) is 12.2. The van der Waals surface area contributed by atoms with E-state index in [-0.39, 0.29) is 5.91 Å². The molecule has 0 saturated carbocycles. The number of nitrogens with one attached hydrogen (secondary N) is 1. The van der Waals surface area contributed by atoms with E-state index in [2.05, 4.69) is 10.5 Å². The Labute approximate surface area is 119 Å². The predicted octanol–water partition coefficient (Wildman–Crippen LogP) is 1.10. The van der Waals surface area contributed by atoms with Crippen LogP contribution in [0.4, 0.5) is 0 Å². The molecule has 0 atom stereocenters. The zero-order chi connectivity index (χ0) is 14.4. The highest BCUT2D eigenvalue weighted by molar-refractivity contribution is 5.75. The van der Waals surface area contributed by atoms with Gasteiger partial charge in [-0.1, -0.05) is 5.16 Å². The van der Waals surface area contributed by atoms with Crippen molar-refractivity contribution in [3.8, 4) is 0 Å². The van der Waals surface area contributed by atoms with E-state index < -0.39 is 0 Å². The molecule has 0 bridgehead atoms. The summed E-state index contributed by atoms with van der Waals surface area (Å²) in [7, 11) is 1.77. The summed E-state index contributed by atoms with van der Waals surface area (Å²) in [6.07, 6.45) is 2.77. The fraction of sp³-hybridized carbons (Fsp3) is 0.714. The van der Waals surface area contributed by atoms with Crippen LogP contribution >= 0.6 is 0 Å². The van der Waals surface area contributed by atoms with Gasteiger partial charge in [0.1, 0.15) is 11.5 Å². The van der Waals surface area contributed by atoms with Gasteiger partial charge in [-0.2, -0.15) is 0 Å². The quantitative estimate of drug-likeness (QED) is 0.845. The number of hydrogen-bond donors (Lipinski definition) is 1. The van der Waals surface area contributed by atoms with Gasteiger partial charge in [-0.15, -0.1) is 0 Å². The number of piperidine rings is 1. The Balaban J connectivity index is 1.65. The lowest BCUT2D eigenvalue weighted by Crippen LogP contribution is -2.33. The molecule has 1 fully saturated rings. The minimum Gasteiger partial charge on any atom is -0.378 e. The highest BCUT2D eigenvalue weighted by Gasteiger charge is 2.15. The first-order valence-electron chi connectivity index (χ1n) is 7.13. The monoisotopic (exact) mass is 281 g/mol. The van der Waals surface area contributed by atoms with Crippen molar-refractivity contribution in [2.24, 2.45) is 0 Å². The maximum absolute atomic E-state index is 12.0. The highest BCUT2D eigenvalue weighted by Crippen LogP contribution is 2.09. The van der Waals surface area contributed by atoms with Gasteiger partial charge in [0, 0.05) is 13.1 Å². The molecule has 2 heterocycles. The molecule has 6 nitrogen and oxygen atoms in total. The molecule has 0 unspecified atom stereocenters. The molecule has 1 aliphatic heterocycles. The van der Waals surface area contributed by atoms with E-state index in [1.165, 1.54) is 0 Å². The van der Waals surface area contributed by atoms with Gasteiger partial charge in [-0.05, 0) is 32.9 Å². The average Bonchev–Trinajstić information content (AvgIpc) is 2.85. The van der Waals surface area contributed by atoms with E-state index in [0.29, 0.717) is 25.7 Å². The van der Waals surface area contributed by atoms with Crippen LogP contribution < -0.4 is 5.32 Å². The summed E-state index contributed by atoms with van der Waals surface area (Å²) in [5.74, 6) is 0.828. The minimum atomic E-state index is 0.0691. The molecule has 1 aromatic rings. The molecule has 1 N–H and O–H groups in total. The van der Waals surface area contributed by atoms with Gasteiger partial charge < -0.3 is 19.5 Å². The van der Waals surface area contributed by atoms with Crippen molar-refractivity contribution in [1.29, 1.82) is 0 Å². The normalized spacial score (nSPS) is 16.3. The van der Waals surface area contributed by atoms with E-state index in [0.717, 1.165) is 37.4 Å². The first-order chi connectivity index (χ1) is 9.65. The number of amides is 1. The summed E-state index contributed by atoms with van der Waals surface area (Å²) in [6.45, 7) is 4.81. The summed E-state index contributed by atoms with van der Waals surface area (Å²) in [6, 6.07) is 1.84. The van der Waals surface area contributed by atoms with Crippen molar-refractivity contribution in [2.45, 2.75) is 38.8 Å². The first-order valence-corrected chi connectivity index (χ1v) is 7.13. The number of aromatic nitrogens is 1. The molecule has 0 aromatic carbocycles. The topological polar surface area (TPSA) is 67.6 Å². The van der Waals surface area contributed by atoms with Gasteiger partial charge in [0.25, 0.3) is 0 Å². The lowest BCUT2D eigenvalue weighted by atomic mass is 10.1. The number of nitrogens with zero attached hydrogens (tertiary/aromatic N) is 2. The van der Waals surface area contributed by atoms with Crippen molar-refractivity contribution in [3.05, 3.63) is 17.5 Å². The molecule has 1 amide bonds. The van der Waals surface area contributed by atoms with E-state index in [1.54, 1.807) is 11.9 Å².